The molecule has 0 unspecified atom stereocenters. The van der Waals surface area contributed by atoms with Gasteiger partial charge in [-0.2, -0.15) is 0 Å². The molecule has 130 valence electrons. The predicted molar refractivity (Wildman–Crippen MR) is 101 cm³/mol. The van der Waals surface area contributed by atoms with E-state index in [9.17, 15) is 9.59 Å². The molecule has 0 bridgehead atoms. The van der Waals surface area contributed by atoms with E-state index >= 15 is 0 Å². The molecule has 25 heavy (non-hydrogen) atoms. The number of nitrogens with two attached hydrogens (primary N) is 1. The van der Waals surface area contributed by atoms with Gasteiger partial charge < -0.3 is 15.8 Å². The number of anilines is 1. The summed E-state index contributed by atoms with van der Waals surface area (Å²) in [5, 5.41) is 5.33. The summed E-state index contributed by atoms with van der Waals surface area (Å²) in [7, 11) is 0. The number of primary amides is 1. The zero-order valence-corrected chi connectivity index (χ0v) is 14.8. The minimum atomic E-state index is -0.588. The van der Waals surface area contributed by atoms with Crippen molar-refractivity contribution in [2.75, 3.05) is 11.9 Å². The van der Waals surface area contributed by atoms with Gasteiger partial charge in [-0.15, -0.1) is 0 Å². The van der Waals surface area contributed by atoms with Crippen molar-refractivity contribution < 1.29 is 14.3 Å². The van der Waals surface area contributed by atoms with Crippen molar-refractivity contribution >= 4 is 34.8 Å². The summed E-state index contributed by atoms with van der Waals surface area (Å²) in [6, 6.07) is 12.2. The van der Waals surface area contributed by atoms with E-state index < -0.39 is 11.8 Å². The van der Waals surface area contributed by atoms with Crippen LogP contribution in [0.2, 0.25) is 0 Å². The zero-order chi connectivity index (χ0) is 18.4. The van der Waals surface area contributed by atoms with E-state index in [1.165, 1.54) is 0 Å². The van der Waals surface area contributed by atoms with Gasteiger partial charge in [0, 0.05) is 0 Å². The number of hydrogen-bond acceptors (Lipinski definition) is 4. The van der Waals surface area contributed by atoms with Crippen LogP contribution in [0.25, 0.3) is 0 Å². The number of ether oxygens (including phenoxy) is 1. The lowest BCUT2D eigenvalue weighted by Gasteiger charge is -2.12. The van der Waals surface area contributed by atoms with E-state index in [1.807, 2.05) is 26.0 Å². The molecule has 0 heterocycles. The molecule has 0 fully saturated rings. The lowest BCUT2D eigenvalue weighted by Crippen LogP contribution is -2.37. The quantitative estimate of drug-likeness (QED) is 0.714. The Balaban J connectivity index is 1.89. The van der Waals surface area contributed by atoms with Gasteiger partial charge in [0.1, 0.15) is 5.75 Å². The normalized spacial score (nSPS) is 10.0. The van der Waals surface area contributed by atoms with E-state index in [1.54, 1.807) is 30.3 Å². The number of amides is 2. The first kappa shape index (κ1) is 18.4. The molecule has 0 radical (unpaired) electrons. The highest BCUT2D eigenvalue weighted by molar-refractivity contribution is 7.80. The largest absolute Gasteiger partial charge is 0.484 e. The van der Waals surface area contributed by atoms with Crippen molar-refractivity contribution in [2.24, 2.45) is 5.73 Å². The number of nitrogens with one attached hydrogen (secondary N) is 2. The van der Waals surface area contributed by atoms with Gasteiger partial charge in [0.05, 0.1) is 11.3 Å². The molecule has 2 rings (SSSR count). The van der Waals surface area contributed by atoms with Crippen LogP contribution >= 0.6 is 12.2 Å². The van der Waals surface area contributed by atoms with Crippen molar-refractivity contribution in [1.29, 1.82) is 0 Å². The number of para-hydroxylation sites is 1. The molecule has 0 spiro atoms. The minimum absolute atomic E-state index is 0.0578. The fourth-order valence-corrected chi connectivity index (χ4v) is 2.30. The van der Waals surface area contributed by atoms with E-state index in [4.69, 9.17) is 22.7 Å². The molecule has 0 aliphatic rings. The Kier molecular flexibility index (Phi) is 6.08. The summed E-state index contributed by atoms with van der Waals surface area (Å²) in [6.45, 7) is 3.79. The van der Waals surface area contributed by atoms with Gasteiger partial charge in [0.2, 0.25) is 0 Å². The van der Waals surface area contributed by atoms with Crippen LogP contribution in [-0.2, 0) is 4.79 Å². The van der Waals surface area contributed by atoms with Crippen molar-refractivity contribution in [3.05, 3.63) is 59.2 Å². The van der Waals surface area contributed by atoms with Crippen LogP contribution in [0.3, 0.4) is 0 Å². The van der Waals surface area contributed by atoms with Crippen LogP contribution in [0.4, 0.5) is 5.69 Å². The minimum Gasteiger partial charge on any atom is -0.484 e. The van der Waals surface area contributed by atoms with Crippen LogP contribution in [0.15, 0.2) is 42.5 Å². The first-order chi connectivity index (χ1) is 11.9. The second kappa shape index (κ2) is 8.25. The first-order valence-corrected chi connectivity index (χ1v) is 7.97. The Hall–Kier alpha value is -2.93. The second-order valence-electron chi connectivity index (χ2n) is 5.45. The van der Waals surface area contributed by atoms with Gasteiger partial charge >= 0.3 is 0 Å². The molecule has 0 aromatic heterocycles. The second-order valence-corrected chi connectivity index (χ2v) is 5.86. The number of hydrogen-bond donors (Lipinski definition) is 3. The first-order valence-electron chi connectivity index (χ1n) is 7.56. The smallest absolute Gasteiger partial charge is 0.264 e. The van der Waals surface area contributed by atoms with Gasteiger partial charge in [0.25, 0.3) is 11.8 Å². The average molecular weight is 357 g/mol. The number of rotatable bonds is 5. The van der Waals surface area contributed by atoms with Crippen LogP contribution in [0.1, 0.15) is 21.5 Å². The third-order valence-electron chi connectivity index (χ3n) is 3.54. The molecule has 0 atom stereocenters. The highest BCUT2D eigenvalue weighted by Crippen LogP contribution is 2.16. The standard InChI is InChI=1S/C18H19N3O3S/c1-11-7-8-13(9-12(11)2)24-10-16(22)21-18(25)20-15-6-4-3-5-14(15)17(19)23/h3-9H,10H2,1-2H3,(H2,19,23)(H2,20,21,22,25). The maximum atomic E-state index is 11.9. The number of aryl methyl sites for hydroxylation is 2. The highest BCUT2D eigenvalue weighted by atomic mass is 32.1. The van der Waals surface area contributed by atoms with Crippen molar-refractivity contribution in [1.82, 2.24) is 5.32 Å². The molecular weight excluding hydrogens is 338 g/mol. The number of carbonyl (C=O) groups excluding carboxylic acids is 2. The van der Waals surface area contributed by atoms with Crippen molar-refractivity contribution in [3.8, 4) is 5.75 Å². The summed E-state index contributed by atoms with van der Waals surface area (Å²) in [4.78, 5) is 23.3. The number of thiocarbonyl (C=S) groups is 1. The Morgan fingerprint density at radius 3 is 2.52 bits per heavy atom. The molecule has 0 saturated carbocycles. The molecule has 2 aromatic rings. The molecule has 0 aliphatic heterocycles. The summed E-state index contributed by atoms with van der Waals surface area (Å²) < 4.78 is 5.44. The summed E-state index contributed by atoms with van der Waals surface area (Å²) in [5.74, 6) is -0.390. The maximum absolute atomic E-state index is 11.9. The Morgan fingerprint density at radius 1 is 1.12 bits per heavy atom. The zero-order valence-electron chi connectivity index (χ0n) is 14.0. The van der Waals surface area contributed by atoms with E-state index in [0.29, 0.717) is 11.4 Å². The predicted octanol–water partition coefficient (Wildman–Crippen LogP) is 2.29. The maximum Gasteiger partial charge on any atom is 0.264 e. The van der Waals surface area contributed by atoms with E-state index in [2.05, 4.69) is 10.6 Å². The fourth-order valence-electron chi connectivity index (χ4n) is 2.08. The number of carbonyl (C=O) groups is 2. The van der Waals surface area contributed by atoms with Gasteiger partial charge in [0.15, 0.2) is 11.7 Å². The highest BCUT2D eigenvalue weighted by Gasteiger charge is 2.10. The van der Waals surface area contributed by atoms with Gasteiger partial charge in [-0.05, 0) is 61.5 Å². The summed E-state index contributed by atoms with van der Waals surface area (Å²) in [5.41, 5.74) is 8.24. The van der Waals surface area contributed by atoms with Crippen molar-refractivity contribution in [3.63, 3.8) is 0 Å². The molecule has 2 aromatic carbocycles. The average Bonchev–Trinajstić information content (AvgIpc) is 2.56. The molecule has 2 amide bonds. The summed E-state index contributed by atoms with van der Waals surface area (Å²) in [6.07, 6.45) is 0. The molecular formula is C18H19N3O3S. The lowest BCUT2D eigenvalue weighted by atomic mass is 10.1. The van der Waals surface area contributed by atoms with Gasteiger partial charge in [-0.25, -0.2) is 0 Å². The van der Waals surface area contributed by atoms with E-state index in [-0.39, 0.29) is 17.3 Å². The van der Waals surface area contributed by atoms with Crippen LogP contribution in [0, 0.1) is 13.8 Å². The Bertz CT molecular complexity index is 821. The molecule has 7 heteroatoms. The van der Waals surface area contributed by atoms with Crippen LogP contribution in [-0.4, -0.2) is 23.5 Å². The Labute approximate surface area is 151 Å². The van der Waals surface area contributed by atoms with Crippen molar-refractivity contribution in [2.45, 2.75) is 13.8 Å². The fraction of sp³-hybridized carbons (Fsp3) is 0.167. The van der Waals surface area contributed by atoms with Gasteiger partial charge in [-0.1, -0.05) is 18.2 Å². The topological polar surface area (TPSA) is 93.4 Å². The Morgan fingerprint density at radius 2 is 1.84 bits per heavy atom. The molecule has 0 aliphatic carbocycles. The summed E-state index contributed by atoms with van der Waals surface area (Å²) >= 11 is 5.08. The monoisotopic (exact) mass is 357 g/mol. The number of benzene rings is 2. The SMILES string of the molecule is Cc1ccc(OCC(=O)NC(=S)Nc2ccccc2C(N)=O)cc1C. The van der Waals surface area contributed by atoms with Gasteiger partial charge in [-0.3, -0.25) is 14.9 Å². The molecule has 6 nitrogen and oxygen atoms in total. The van der Waals surface area contributed by atoms with Crippen LogP contribution in [0.5, 0.6) is 5.75 Å². The lowest BCUT2D eigenvalue weighted by molar-refractivity contribution is -0.121. The van der Waals surface area contributed by atoms with E-state index in [0.717, 1.165) is 11.1 Å². The van der Waals surface area contributed by atoms with Crippen LogP contribution < -0.4 is 21.1 Å². The molecule has 0 saturated heterocycles. The third kappa shape index (κ3) is 5.29. The third-order valence-corrected chi connectivity index (χ3v) is 3.75. The molecule has 4 N–H and O–H groups in total.